The Morgan fingerprint density at radius 3 is 2.71 bits per heavy atom. The van der Waals surface area contributed by atoms with Gasteiger partial charge in [0.1, 0.15) is 24.3 Å². The van der Waals surface area contributed by atoms with Crippen LogP contribution < -0.4 is 4.74 Å². The Morgan fingerprint density at radius 1 is 1.21 bits per heavy atom. The van der Waals surface area contributed by atoms with Gasteiger partial charge in [-0.1, -0.05) is 29.8 Å². The Kier molecular flexibility index (Phi) is 4.82. The van der Waals surface area contributed by atoms with Crippen LogP contribution in [0.5, 0.6) is 5.75 Å². The zero-order chi connectivity index (χ0) is 16.9. The Labute approximate surface area is 143 Å². The zero-order valence-electron chi connectivity index (χ0n) is 12.6. The molecule has 1 N–H and O–H groups in total. The van der Waals surface area contributed by atoms with Gasteiger partial charge in [0.2, 0.25) is 5.89 Å². The van der Waals surface area contributed by atoms with E-state index in [1.165, 1.54) is 6.26 Å². The second-order valence-electron chi connectivity index (χ2n) is 5.16. The molecule has 0 unspecified atom stereocenters. The number of rotatable bonds is 6. The lowest BCUT2D eigenvalue weighted by molar-refractivity contribution is -0.136. The van der Waals surface area contributed by atoms with E-state index >= 15 is 0 Å². The number of oxazole rings is 1. The monoisotopic (exact) mass is 343 g/mol. The van der Waals surface area contributed by atoms with Crippen LogP contribution in [0.2, 0.25) is 5.02 Å². The van der Waals surface area contributed by atoms with Gasteiger partial charge in [-0.25, -0.2) is 4.98 Å². The first kappa shape index (κ1) is 16.1. The number of carbonyl (C=O) groups is 1. The van der Waals surface area contributed by atoms with Crippen LogP contribution in [0.3, 0.4) is 0 Å². The molecule has 3 aromatic rings. The van der Waals surface area contributed by atoms with E-state index in [9.17, 15) is 4.79 Å². The fraction of sp³-hybridized carbons (Fsp3) is 0.111. The molecular weight excluding hydrogens is 330 g/mol. The predicted molar refractivity (Wildman–Crippen MR) is 89.1 cm³/mol. The lowest BCUT2D eigenvalue weighted by Gasteiger charge is -2.04. The molecule has 5 nitrogen and oxygen atoms in total. The molecular formula is C18H14ClNO4. The highest BCUT2D eigenvalue weighted by atomic mass is 35.5. The number of ether oxygens (including phenoxy) is 1. The van der Waals surface area contributed by atoms with Crippen LogP contribution in [0, 0.1) is 0 Å². The topological polar surface area (TPSA) is 72.6 Å². The maximum absolute atomic E-state index is 10.6. The van der Waals surface area contributed by atoms with E-state index in [1.54, 1.807) is 36.4 Å². The van der Waals surface area contributed by atoms with E-state index in [0.717, 1.165) is 11.1 Å². The number of halogens is 1. The van der Waals surface area contributed by atoms with Gasteiger partial charge in [-0.15, -0.1) is 0 Å². The number of aliphatic carboxylic acids is 1. The van der Waals surface area contributed by atoms with Crippen molar-refractivity contribution in [3.8, 4) is 17.2 Å². The fourth-order valence-corrected chi connectivity index (χ4v) is 2.35. The first-order valence-corrected chi connectivity index (χ1v) is 7.62. The lowest BCUT2D eigenvalue weighted by atomic mass is 10.1. The summed E-state index contributed by atoms with van der Waals surface area (Å²) >= 11 is 5.96. The van der Waals surface area contributed by atoms with Gasteiger partial charge in [-0.05, 0) is 35.9 Å². The molecule has 0 spiro atoms. The summed E-state index contributed by atoms with van der Waals surface area (Å²) in [6.07, 6.45) is 1.53. The number of carboxylic acids is 1. The van der Waals surface area contributed by atoms with E-state index in [2.05, 4.69) is 4.98 Å². The van der Waals surface area contributed by atoms with Crippen LogP contribution in [0.4, 0.5) is 0 Å². The summed E-state index contributed by atoms with van der Waals surface area (Å²) in [6, 6.07) is 14.2. The average molecular weight is 344 g/mol. The molecule has 0 aliphatic heterocycles. The molecule has 0 aliphatic rings. The van der Waals surface area contributed by atoms with E-state index in [1.807, 2.05) is 12.1 Å². The molecule has 1 aromatic heterocycles. The highest BCUT2D eigenvalue weighted by molar-refractivity contribution is 6.30. The summed E-state index contributed by atoms with van der Waals surface area (Å²) in [4.78, 5) is 15.0. The maximum Gasteiger partial charge on any atom is 0.307 e. The van der Waals surface area contributed by atoms with Crippen molar-refractivity contribution in [2.45, 2.75) is 13.0 Å². The molecule has 2 aromatic carbocycles. The van der Waals surface area contributed by atoms with Crippen LogP contribution in [-0.4, -0.2) is 16.1 Å². The smallest absolute Gasteiger partial charge is 0.307 e. The average Bonchev–Trinajstić information content (AvgIpc) is 3.03. The van der Waals surface area contributed by atoms with Crippen molar-refractivity contribution in [3.63, 3.8) is 0 Å². The van der Waals surface area contributed by atoms with Crippen LogP contribution in [0.1, 0.15) is 11.3 Å². The second-order valence-corrected chi connectivity index (χ2v) is 5.59. The summed E-state index contributed by atoms with van der Waals surface area (Å²) < 4.78 is 11.1. The summed E-state index contributed by atoms with van der Waals surface area (Å²) in [5.74, 6) is 0.254. The molecule has 0 bridgehead atoms. The van der Waals surface area contributed by atoms with Crippen LogP contribution in [0.25, 0.3) is 11.5 Å². The highest BCUT2D eigenvalue weighted by Crippen LogP contribution is 2.22. The largest absolute Gasteiger partial charge is 0.487 e. The first-order valence-electron chi connectivity index (χ1n) is 7.24. The van der Waals surface area contributed by atoms with Gasteiger partial charge in [-0.2, -0.15) is 0 Å². The summed E-state index contributed by atoms with van der Waals surface area (Å²) in [7, 11) is 0. The summed E-state index contributed by atoms with van der Waals surface area (Å²) in [5, 5.41) is 9.36. The molecule has 0 atom stereocenters. The number of nitrogens with zero attached hydrogens (tertiary/aromatic N) is 1. The first-order chi connectivity index (χ1) is 11.6. The third kappa shape index (κ3) is 4.14. The SMILES string of the molecule is O=C(O)Cc1ccc(OCc2coc(-c3cccc(Cl)c3)n2)cc1. The third-order valence-corrected chi connectivity index (χ3v) is 3.52. The minimum atomic E-state index is -0.861. The van der Waals surface area contributed by atoms with Gasteiger partial charge in [-0.3, -0.25) is 4.79 Å². The molecule has 0 radical (unpaired) electrons. The van der Waals surface area contributed by atoms with Gasteiger partial charge in [0, 0.05) is 10.6 Å². The Balaban J connectivity index is 1.62. The standard InChI is InChI=1S/C18H14ClNO4/c19-14-3-1-2-13(9-14)18-20-15(11-24-18)10-23-16-6-4-12(5-7-16)8-17(21)22/h1-7,9,11H,8,10H2,(H,21,22). The fourth-order valence-electron chi connectivity index (χ4n) is 2.16. The number of hydrogen-bond acceptors (Lipinski definition) is 4. The number of carboxylic acid groups (broad SMARTS) is 1. The van der Waals surface area contributed by atoms with E-state index < -0.39 is 5.97 Å². The van der Waals surface area contributed by atoms with Gasteiger partial charge < -0.3 is 14.3 Å². The van der Waals surface area contributed by atoms with Crippen molar-refractivity contribution in [2.24, 2.45) is 0 Å². The van der Waals surface area contributed by atoms with Crippen molar-refractivity contribution in [3.05, 3.63) is 71.1 Å². The molecule has 0 saturated carbocycles. The van der Waals surface area contributed by atoms with Gasteiger partial charge in [0.15, 0.2) is 0 Å². The number of aromatic nitrogens is 1. The number of hydrogen-bond donors (Lipinski definition) is 1. The van der Waals surface area contributed by atoms with E-state index in [-0.39, 0.29) is 13.0 Å². The van der Waals surface area contributed by atoms with Gasteiger partial charge in [0.05, 0.1) is 6.42 Å². The van der Waals surface area contributed by atoms with Crippen molar-refractivity contribution in [1.29, 1.82) is 0 Å². The van der Waals surface area contributed by atoms with Crippen molar-refractivity contribution in [2.75, 3.05) is 0 Å². The summed E-state index contributed by atoms with van der Waals surface area (Å²) in [6.45, 7) is 0.252. The van der Waals surface area contributed by atoms with Crippen LogP contribution >= 0.6 is 11.6 Å². The molecule has 0 aliphatic carbocycles. The Morgan fingerprint density at radius 2 is 2.00 bits per heavy atom. The molecule has 0 saturated heterocycles. The Bertz CT molecular complexity index is 842. The van der Waals surface area contributed by atoms with E-state index in [0.29, 0.717) is 22.4 Å². The lowest BCUT2D eigenvalue weighted by Crippen LogP contribution is -2.00. The summed E-state index contributed by atoms with van der Waals surface area (Å²) in [5.41, 5.74) is 2.17. The van der Waals surface area contributed by atoms with Crippen molar-refractivity contribution in [1.82, 2.24) is 4.98 Å². The quantitative estimate of drug-likeness (QED) is 0.726. The molecule has 0 fully saturated rings. The highest BCUT2D eigenvalue weighted by Gasteiger charge is 2.08. The molecule has 24 heavy (non-hydrogen) atoms. The minimum Gasteiger partial charge on any atom is -0.487 e. The second kappa shape index (κ2) is 7.19. The third-order valence-electron chi connectivity index (χ3n) is 3.29. The minimum absolute atomic E-state index is 0.00738. The van der Waals surface area contributed by atoms with Crippen LogP contribution in [0.15, 0.2) is 59.2 Å². The zero-order valence-corrected chi connectivity index (χ0v) is 13.4. The van der Waals surface area contributed by atoms with Crippen molar-refractivity contribution >= 4 is 17.6 Å². The molecule has 6 heteroatoms. The number of benzene rings is 2. The maximum atomic E-state index is 10.6. The van der Waals surface area contributed by atoms with E-state index in [4.69, 9.17) is 25.9 Å². The van der Waals surface area contributed by atoms with Gasteiger partial charge >= 0.3 is 5.97 Å². The van der Waals surface area contributed by atoms with Gasteiger partial charge in [0.25, 0.3) is 0 Å². The molecule has 0 amide bonds. The Hall–Kier alpha value is -2.79. The molecule has 122 valence electrons. The molecule has 3 rings (SSSR count). The van der Waals surface area contributed by atoms with Crippen molar-refractivity contribution < 1.29 is 19.1 Å². The predicted octanol–water partition coefficient (Wildman–Crippen LogP) is 4.20. The van der Waals surface area contributed by atoms with Crippen LogP contribution in [-0.2, 0) is 17.8 Å². The molecule has 1 heterocycles. The normalized spacial score (nSPS) is 10.5.